The van der Waals surface area contributed by atoms with Gasteiger partial charge in [0.15, 0.2) is 0 Å². The molecule has 1 heterocycles. The molecule has 1 N–H and O–H groups in total. The average molecular weight is 264 g/mol. The van der Waals surface area contributed by atoms with Crippen LogP contribution in [0.15, 0.2) is 18.2 Å². The molecule has 1 aliphatic rings. The first kappa shape index (κ1) is 13.7. The molecule has 1 saturated heterocycles. The van der Waals surface area contributed by atoms with E-state index in [1.54, 1.807) is 12.0 Å². The summed E-state index contributed by atoms with van der Waals surface area (Å²) in [5.74, 6) is 0.815. The van der Waals surface area contributed by atoms with Crippen molar-refractivity contribution in [3.05, 3.63) is 29.3 Å². The molecule has 5 heteroatoms. The van der Waals surface area contributed by atoms with E-state index < -0.39 is 0 Å². The molecule has 1 aromatic carbocycles. The zero-order valence-electron chi connectivity index (χ0n) is 11.4. The Labute approximate surface area is 113 Å². The molecule has 0 saturated carbocycles. The molecular formula is C14H20N2O3. The highest BCUT2D eigenvalue weighted by atomic mass is 16.5. The molecule has 19 heavy (non-hydrogen) atoms. The molecule has 104 valence electrons. The number of hydrogen-bond acceptors (Lipinski definition) is 3. The summed E-state index contributed by atoms with van der Waals surface area (Å²) >= 11 is 0. The summed E-state index contributed by atoms with van der Waals surface area (Å²) in [7, 11) is 1.64. The van der Waals surface area contributed by atoms with Gasteiger partial charge in [0, 0.05) is 19.6 Å². The maximum absolute atomic E-state index is 11.9. The van der Waals surface area contributed by atoms with Gasteiger partial charge in [-0.25, -0.2) is 4.79 Å². The minimum absolute atomic E-state index is 0.0382. The molecule has 0 aromatic heterocycles. The van der Waals surface area contributed by atoms with Crippen LogP contribution in [0.4, 0.5) is 4.79 Å². The Morgan fingerprint density at radius 3 is 2.79 bits per heavy atom. The number of nitrogens with zero attached hydrogens (tertiary/aromatic N) is 1. The van der Waals surface area contributed by atoms with Crippen LogP contribution in [-0.4, -0.2) is 44.3 Å². The van der Waals surface area contributed by atoms with E-state index in [4.69, 9.17) is 9.47 Å². The van der Waals surface area contributed by atoms with Crippen LogP contribution in [0.2, 0.25) is 0 Å². The van der Waals surface area contributed by atoms with Gasteiger partial charge in [-0.05, 0) is 30.2 Å². The molecule has 2 amide bonds. The van der Waals surface area contributed by atoms with E-state index in [9.17, 15) is 4.79 Å². The second kappa shape index (κ2) is 6.43. The summed E-state index contributed by atoms with van der Waals surface area (Å²) in [6.07, 6.45) is 0. The fourth-order valence-corrected chi connectivity index (χ4v) is 2.10. The molecule has 1 fully saturated rings. The lowest BCUT2D eigenvalue weighted by Crippen LogP contribution is -2.45. The van der Waals surface area contributed by atoms with Gasteiger partial charge >= 0.3 is 6.03 Å². The molecule has 1 aliphatic heterocycles. The first-order valence-corrected chi connectivity index (χ1v) is 6.44. The van der Waals surface area contributed by atoms with E-state index in [-0.39, 0.29) is 6.03 Å². The highest BCUT2D eigenvalue weighted by Crippen LogP contribution is 2.16. The van der Waals surface area contributed by atoms with Gasteiger partial charge in [0.05, 0.1) is 20.3 Å². The van der Waals surface area contributed by atoms with Crippen LogP contribution in [0.3, 0.4) is 0 Å². The predicted octanol–water partition coefficient (Wildman–Crippen LogP) is 1.55. The molecular weight excluding hydrogens is 244 g/mol. The van der Waals surface area contributed by atoms with Crippen molar-refractivity contribution >= 4 is 6.03 Å². The SMILES string of the molecule is COc1cc(C)cc(CNC(=O)N2CCOCC2)c1. The molecule has 2 rings (SSSR count). The number of morpholine rings is 1. The van der Waals surface area contributed by atoms with Crippen molar-refractivity contribution < 1.29 is 14.3 Å². The van der Waals surface area contributed by atoms with Gasteiger partial charge in [0.2, 0.25) is 0 Å². The van der Waals surface area contributed by atoms with Crippen molar-refractivity contribution in [3.63, 3.8) is 0 Å². The highest BCUT2D eigenvalue weighted by Gasteiger charge is 2.16. The second-order valence-electron chi connectivity index (χ2n) is 4.62. The number of urea groups is 1. The summed E-state index contributed by atoms with van der Waals surface area (Å²) in [6.45, 7) is 5.06. The quantitative estimate of drug-likeness (QED) is 0.901. The molecule has 0 radical (unpaired) electrons. The lowest BCUT2D eigenvalue weighted by molar-refractivity contribution is 0.0531. The van der Waals surface area contributed by atoms with Crippen LogP contribution < -0.4 is 10.1 Å². The van der Waals surface area contributed by atoms with Gasteiger partial charge in [-0.2, -0.15) is 0 Å². The highest BCUT2D eigenvalue weighted by molar-refractivity contribution is 5.74. The van der Waals surface area contributed by atoms with Crippen molar-refractivity contribution in [2.45, 2.75) is 13.5 Å². The van der Waals surface area contributed by atoms with Crippen LogP contribution in [0.1, 0.15) is 11.1 Å². The molecule has 0 spiro atoms. The van der Waals surface area contributed by atoms with E-state index >= 15 is 0 Å². The van der Waals surface area contributed by atoms with Crippen molar-refractivity contribution in [2.75, 3.05) is 33.4 Å². The van der Waals surface area contributed by atoms with Crippen LogP contribution >= 0.6 is 0 Å². The Kier molecular flexibility index (Phi) is 4.63. The Balaban J connectivity index is 1.90. The van der Waals surface area contributed by atoms with Gasteiger partial charge in [0.25, 0.3) is 0 Å². The predicted molar refractivity (Wildman–Crippen MR) is 72.4 cm³/mol. The monoisotopic (exact) mass is 264 g/mol. The smallest absolute Gasteiger partial charge is 0.317 e. The van der Waals surface area contributed by atoms with E-state index in [1.165, 1.54) is 0 Å². The fraction of sp³-hybridized carbons (Fsp3) is 0.500. The summed E-state index contributed by atoms with van der Waals surface area (Å²) in [4.78, 5) is 13.7. The van der Waals surface area contributed by atoms with Crippen LogP contribution in [0, 0.1) is 6.92 Å². The lowest BCUT2D eigenvalue weighted by atomic mass is 10.1. The van der Waals surface area contributed by atoms with E-state index in [1.807, 2.05) is 25.1 Å². The molecule has 0 bridgehead atoms. The van der Waals surface area contributed by atoms with E-state index in [0.717, 1.165) is 16.9 Å². The van der Waals surface area contributed by atoms with E-state index in [2.05, 4.69) is 5.32 Å². The third-order valence-electron chi connectivity index (χ3n) is 3.09. The average Bonchev–Trinajstić information content (AvgIpc) is 2.45. The number of methoxy groups -OCH3 is 1. The lowest BCUT2D eigenvalue weighted by Gasteiger charge is -2.27. The van der Waals surface area contributed by atoms with Gasteiger partial charge < -0.3 is 19.7 Å². The third kappa shape index (κ3) is 3.86. The molecule has 0 aliphatic carbocycles. The number of benzene rings is 1. The van der Waals surface area contributed by atoms with Gasteiger partial charge in [-0.3, -0.25) is 0 Å². The Morgan fingerprint density at radius 2 is 2.11 bits per heavy atom. The van der Waals surface area contributed by atoms with Crippen molar-refractivity contribution in [3.8, 4) is 5.75 Å². The van der Waals surface area contributed by atoms with Gasteiger partial charge in [-0.15, -0.1) is 0 Å². The Hall–Kier alpha value is -1.75. The van der Waals surface area contributed by atoms with E-state index in [0.29, 0.717) is 32.8 Å². The molecule has 5 nitrogen and oxygen atoms in total. The normalized spacial score (nSPS) is 15.2. The van der Waals surface area contributed by atoms with Gasteiger partial charge in [0.1, 0.15) is 5.75 Å². The summed E-state index contributed by atoms with van der Waals surface area (Å²) in [6, 6.07) is 5.91. The van der Waals surface area contributed by atoms with Crippen molar-refractivity contribution in [2.24, 2.45) is 0 Å². The number of ether oxygens (including phenoxy) is 2. The molecule has 0 atom stereocenters. The maximum atomic E-state index is 11.9. The van der Waals surface area contributed by atoms with Crippen molar-refractivity contribution in [1.29, 1.82) is 0 Å². The zero-order chi connectivity index (χ0) is 13.7. The zero-order valence-corrected chi connectivity index (χ0v) is 11.4. The Bertz CT molecular complexity index is 442. The standard InChI is InChI=1S/C14H20N2O3/c1-11-7-12(9-13(8-11)18-2)10-15-14(17)16-3-5-19-6-4-16/h7-9H,3-6,10H2,1-2H3,(H,15,17). The summed E-state index contributed by atoms with van der Waals surface area (Å²) in [5.41, 5.74) is 2.16. The van der Waals surface area contributed by atoms with Crippen molar-refractivity contribution in [1.82, 2.24) is 10.2 Å². The summed E-state index contributed by atoms with van der Waals surface area (Å²) in [5, 5.41) is 2.92. The molecule has 0 unspecified atom stereocenters. The topological polar surface area (TPSA) is 50.8 Å². The number of rotatable bonds is 3. The van der Waals surface area contributed by atoms with Crippen LogP contribution in [0.25, 0.3) is 0 Å². The minimum Gasteiger partial charge on any atom is -0.497 e. The van der Waals surface area contributed by atoms with Crippen LogP contribution in [-0.2, 0) is 11.3 Å². The first-order valence-electron chi connectivity index (χ1n) is 6.44. The Morgan fingerprint density at radius 1 is 1.37 bits per heavy atom. The third-order valence-corrected chi connectivity index (χ3v) is 3.09. The number of amides is 2. The molecule has 1 aromatic rings. The fourth-order valence-electron chi connectivity index (χ4n) is 2.10. The largest absolute Gasteiger partial charge is 0.497 e. The van der Waals surface area contributed by atoms with Gasteiger partial charge in [-0.1, -0.05) is 6.07 Å². The summed E-state index contributed by atoms with van der Waals surface area (Å²) < 4.78 is 10.4. The number of nitrogens with one attached hydrogen (secondary N) is 1. The number of hydrogen-bond donors (Lipinski definition) is 1. The minimum atomic E-state index is -0.0382. The first-order chi connectivity index (χ1) is 9.19. The number of carbonyl (C=O) groups is 1. The number of aryl methyl sites for hydroxylation is 1. The second-order valence-corrected chi connectivity index (χ2v) is 4.62. The maximum Gasteiger partial charge on any atom is 0.317 e. The number of carbonyl (C=O) groups excluding carboxylic acids is 1. The van der Waals surface area contributed by atoms with Crippen LogP contribution in [0.5, 0.6) is 5.75 Å².